The number of anilines is 1. The van der Waals surface area contributed by atoms with E-state index in [0.717, 1.165) is 12.4 Å². The molecule has 0 spiro atoms. The Kier molecular flexibility index (Phi) is 5.78. The van der Waals surface area contributed by atoms with Crippen LogP contribution in [-0.4, -0.2) is 51.8 Å². The summed E-state index contributed by atoms with van der Waals surface area (Å²) in [6.07, 6.45) is 4.05. The van der Waals surface area contributed by atoms with Gasteiger partial charge in [-0.05, 0) is 24.3 Å². The standard InChI is InChI=1S/C16H18N4O5S/c1-20(2)10-19-26(22,23)14-8-11(16(21)24-3)7-13(17)15(14)25-12-5-4-6-18-9-12/h4-10H,17H2,1-3H3/b19-10+. The number of pyridine rings is 1. The first kappa shape index (κ1) is 19.2. The molecule has 0 aliphatic heterocycles. The number of nitrogens with two attached hydrogens (primary N) is 1. The largest absolute Gasteiger partial charge is 0.465 e. The van der Waals surface area contributed by atoms with Crippen molar-refractivity contribution in [2.75, 3.05) is 26.9 Å². The van der Waals surface area contributed by atoms with Crippen LogP contribution in [0.25, 0.3) is 0 Å². The SMILES string of the molecule is COC(=O)c1cc(N)c(Oc2cccnc2)c(S(=O)(=O)/N=C/N(C)C)c1. The van der Waals surface area contributed by atoms with E-state index in [-0.39, 0.29) is 27.6 Å². The van der Waals surface area contributed by atoms with Gasteiger partial charge in [0.25, 0.3) is 10.0 Å². The number of rotatable bonds is 6. The summed E-state index contributed by atoms with van der Waals surface area (Å²) < 4.78 is 39.1. The lowest BCUT2D eigenvalue weighted by molar-refractivity contribution is 0.0600. The van der Waals surface area contributed by atoms with E-state index < -0.39 is 16.0 Å². The molecule has 10 heteroatoms. The van der Waals surface area contributed by atoms with E-state index in [2.05, 4.69) is 14.1 Å². The summed E-state index contributed by atoms with van der Waals surface area (Å²) in [5.41, 5.74) is 5.84. The predicted octanol–water partition coefficient (Wildman–Crippen LogP) is 1.52. The van der Waals surface area contributed by atoms with Gasteiger partial charge in [-0.15, -0.1) is 4.40 Å². The monoisotopic (exact) mass is 378 g/mol. The second kappa shape index (κ2) is 7.83. The molecule has 0 aliphatic rings. The average Bonchev–Trinajstić information content (AvgIpc) is 2.61. The summed E-state index contributed by atoms with van der Waals surface area (Å²) in [4.78, 5) is 16.8. The minimum atomic E-state index is -4.20. The third-order valence-corrected chi connectivity index (χ3v) is 4.28. The molecular formula is C16H18N4O5S. The molecule has 138 valence electrons. The van der Waals surface area contributed by atoms with Gasteiger partial charge < -0.3 is 20.1 Å². The van der Waals surface area contributed by atoms with E-state index in [1.165, 1.54) is 30.5 Å². The van der Waals surface area contributed by atoms with Crippen molar-refractivity contribution < 1.29 is 22.7 Å². The van der Waals surface area contributed by atoms with E-state index in [1.54, 1.807) is 26.2 Å². The number of carbonyl (C=O) groups excluding carboxylic acids is 1. The normalized spacial score (nSPS) is 11.3. The fraction of sp³-hybridized carbons (Fsp3) is 0.188. The number of carbonyl (C=O) groups is 1. The highest BCUT2D eigenvalue weighted by Crippen LogP contribution is 2.36. The number of aromatic nitrogens is 1. The Balaban J connectivity index is 2.64. The van der Waals surface area contributed by atoms with Gasteiger partial charge in [0.2, 0.25) is 0 Å². The Morgan fingerprint density at radius 3 is 2.65 bits per heavy atom. The molecule has 0 bridgehead atoms. The number of sulfonamides is 1. The second-order valence-corrected chi connectivity index (χ2v) is 6.94. The van der Waals surface area contributed by atoms with Gasteiger partial charge >= 0.3 is 5.97 Å². The summed E-state index contributed by atoms with van der Waals surface area (Å²) in [6, 6.07) is 5.58. The van der Waals surface area contributed by atoms with Gasteiger partial charge in [0.15, 0.2) is 5.75 Å². The Labute approximate surface area is 151 Å². The topological polar surface area (TPSA) is 124 Å². The maximum absolute atomic E-state index is 12.6. The molecule has 1 heterocycles. The van der Waals surface area contributed by atoms with Crippen LogP contribution in [0.5, 0.6) is 11.5 Å². The van der Waals surface area contributed by atoms with Crippen LogP contribution < -0.4 is 10.5 Å². The predicted molar refractivity (Wildman–Crippen MR) is 95.9 cm³/mol. The van der Waals surface area contributed by atoms with Gasteiger partial charge in [0.05, 0.1) is 24.6 Å². The van der Waals surface area contributed by atoms with Crippen LogP contribution in [0.1, 0.15) is 10.4 Å². The van der Waals surface area contributed by atoms with E-state index >= 15 is 0 Å². The molecule has 9 nitrogen and oxygen atoms in total. The number of ether oxygens (including phenoxy) is 2. The van der Waals surface area contributed by atoms with E-state index in [4.69, 9.17) is 10.5 Å². The first-order chi connectivity index (χ1) is 12.2. The lowest BCUT2D eigenvalue weighted by atomic mass is 10.2. The molecule has 0 saturated carbocycles. The summed E-state index contributed by atoms with van der Waals surface area (Å²) in [6.45, 7) is 0. The Hall–Kier alpha value is -3.14. The Morgan fingerprint density at radius 1 is 1.35 bits per heavy atom. The first-order valence-electron chi connectivity index (χ1n) is 7.31. The number of benzene rings is 1. The third-order valence-electron chi connectivity index (χ3n) is 3.05. The van der Waals surface area contributed by atoms with E-state index in [0.29, 0.717) is 0 Å². The molecule has 26 heavy (non-hydrogen) atoms. The summed E-state index contributed by atoms with van der Waals surface area (Å²) in [5, 5.41) is 0. The minimum Gasteiger partial charge on any atom is -0.465 e. The molecular weight excluding hydrogens is 360 g/mol. The van der Waals surface area contributed by atoms with Crippen LogP contribution in [-0.2, 0) is 14.8 Å². The third kappa shape index (κ3) is 4.48. The molecule has 1 aromatic heterocycles. The molecule has 0 atom stereocenters. The quantitative estimate of drug-likeness (QED) is 0.347. The van der Waals surface area contributed by atoms with Crippen LogP contribution in [0.4, 0.5) is 5.69 Å². The average molecular weight is 378 g/mol. The number of nitrogens with zero attached hydrogens (tertiary/aromatic N) is 3. The molecule has 0 radical (unpaired) electrons. The smallest absolute Gasteiger partial charge is 0.337 e. The molecule has 0 unspecified atom stereocenters. The first-order valence-corrected chi connectivity index (χ1v) is 8.75. The van der Waals surface area contributed by atoms with Crippen LogP contribution >= 0.6 is 0 Å². The summed E-state index contributed by atoms with van der Waals surface area (Å²) in [7, 11) is 0.212. The molecule has 0 aliphatic carbocycles. The highest BCUT2D eigenvalue weighted by molar-refractivity contribution is 7.90. The number of hydrogen-bond acceptors (Lipinski definition) is 7. The van der Waals surface area contributed by atoms with Gasteiger partial charge in [-0.25, -0.2) is 4.79 Å². The van der Waals surface area contributed by atoms with Crippen LogP contribution in [0.15, 0.2) is 46.0 Å². The van der Waals surface area contributed by atoms with Gasteiger partial charge in [-0.3, -0.25) is 4.98 Å². The Morgan fingerprint density at radius 2 is 2.08 bits per heavy atom. The van der Waals surface area contributed by atoms with Crippen molar-refractivity contribution in [2.24, 2.45) is 4.40 Å². The van der Waals surface area contributed by atoms with Gasteiger partial charge in [0, 0.05) is 20.3 Å². The van der Waals surface area contributed by atoms with Crippen LogP contribution in [0, 0.1) is 0 Å². The zero-order valence-electron chi connectivity index (χ0n) is 14.4. The fourth-order valence-electron chi connectivity index (χ4n) is 1.90. The van der Waals surface area contributed by atoms with E-state index in [1.807, 2.05) is 0 Å². The number of methoxy groups -OCH3 is 1. The second-order valence-electron chi connectivity index (χ2n) is 5.33. The molecule has 2 rings (SSSR count). The van der Waals surface area contributed by atoms with Crippen molar-refractivity contribution in [3.8, 4) is 11.5 Å². The molecule has 2 aromatic rings. The van der Waals surface area contributed by atoms with Crippen molar-refractivity contribution in [1.82, 2.24) is 9.88 Å². The van der Waals surface area contributed by atoms with Crippen molar-refractivity contribution in [2.45, 2.75) is 4.90 Å². The number of hydrogen-bond donors (Lipinski definition) is 1. The maximum atomic E-state index is 12.6. The summed E-state index contributed by atoms with van der Waals surface area (Å²) in [5.74, 6) is -0.614. The van der Waals surface area contributed by atoms with Crippen molar-refractivity contribution in [3.63, 3.8) is 0 Å². The summed E-state index contributed by atoms with van der Waals surface area (Å²) >= 11 is 0. The number of nitrogen functional groups attached to an aromatic ring is 1. The lowest BCUT2D eigenvalue weighted by Gasteiger charge is -2.14. The van der Waals surface area contributed by atoms with Gasteiger partial charge in [0.1, 0.15) is 17.0 Å². The fourth-order valence-corrected chi connectivity index (χ4v) is 2.99. The van der Waals surface area contributed by atoms with Crippen molar-refractivity contribution >= 4 is 28.0 Å². The van der Waals surface area contributed by atoms with E-state index in [9.17, 15) is 13.2 Å². The maximum Gasteiger partial charge on any atom is 0.337 e. The Bertz CT molecular complexity index is 927. The molecule has 1 aromatic carbocycles. The zero-order chi connectivity index (χ0) is 19.3. The highest BCUT2D eigenvalue weighted by atomic mass is 32.2. The molecule has 0 amide bonds. The highest BCUT2D eigenvalue weighted by Gasteiger charge is 2.25. The minimum absolute atomic E-state index is 0.0397. The molecule has 0 fully saturated rings. The van der Waals surface area contributed by atoms with Crippen molar-refractivity contribution in [3.05, 3.63) is 42.2 Å². The van der Waals surface area contributed by atoms with Crippen molar-refractivity contribution in [1.29, 1.82) is 0 Å². The zero-order valence-corrected chi connectivity index (χ0v) is 15.2. The lowest BCUT2D eigenvalue weighted by Crippen LogP contribution is -2.12. The van der Waals surface area contributed by atoms with Crippen LogP contribution in [0.2, 0.25) is 0 Å². The number of esters is 1. The molecule has 2 N–H and O–H groups in total. The van der Waals surface area contributed by atoms with Crippen LogP contribution in [0.3, 0.4) is 0 Å². The van der Waals surface area contributed by atoms with Gasteiger partial charge in [-0.2, -0.15) is 8.42 Å². The van der Waals surface area contributed by atoms with Gasteiger partial charge in [-0.1, -0.05) is 0 Å². The molecule has 0 saturated heterocycles.